The lowest BCUT2D eigenvalue weighted by atomic mass is 9.96. The minimum absolute atomic E-state index is 0.000857. The lowest BCUT2D eigenvalue weighted by Gasteiger charge is -2.16. The van der Waals surface area contributed by atoms with E-state index in [9.17, 15) is 9.18 Å². The summed E-state index contributed by atoms with van der Waals surface area (Å²) in [6, 6.07) is 11.7. The van der Waals surface area contributed by atoms with Crippen molar-refractivity contribution in [3.05, 3.63) is 59.4 Å². The van der Waals surface area contributed by atoms with Crippen molar-refractivity contribution in [2.45, 2.75) is 25.8 Å². The number of hydrogen-bond donors (Lipinski definition) is 1. The Hall–Kier alpha value is -2.56. The largest absolute Gasteiger partial charge is 0.497 e. The number of halogens is 1. The Kier molecular flexibility index (Phi) is 6.18. The fraction of sp³-hybridized carbons (Fsp3) is 0.316. The van der Waals surface area contributed by atoms with Crippen molar-refractivity contribution in [1.29, 1.82) is 0 Å². The standard InChI is InChI=1S/C19H22FNO3/c1-13(17-9-8-16(23-2)11-18(17)24-3)10-19(22)21-12-14-4-6-15(20)7-5-14/h4-9,11,13H,10,12H2,1-3H3,(H,21,22). The van der Waals surface area contributed by atoms with Crippen molar-refractivity contribution >= 4 is 5.91 Å². The van der Waals surface area contributed by atoms with E-state index in [2.05, 4.69) is 5.32 Å². The molecule has 0 spiro atoms. The van der Waals surface area contributed by atoms with Gasteiger partial charge in [0.2, 0.25) is 5.91 Å². The summed E-state index contributed by atoms with van der Waals surface area (Å²) in [4.78, 5) is 12.1. The van der Waals surface area contributed by atoms with E-state index in [4.69, 9.17) is 9.47 Å². The van der Waals surface area contributed by atoms with Gasteiger partial charge in [0.1, 0.15) is 17.3 Å². The monoisotopic (exact) mass is 331 g/mol. The van der Waals surface area contributed by atoms with E-state index in [1.165, 1.54) is 12.1 Å². The number of amides is 1. The third kappa shape index (κ3) is 4.72. The number of benzene rings is 2. The van der Waals surface area contributed by atoms with Crippen molar-refractivity contribution < 1.29 is 18.7 Å². The van der Waals surface area contributed by atoms with Crippen LogP contribution >= 0.6 is 0 Å². The zero-order chi connectivity index (χ0) is 17.5. The van der Waals surface area contributed by atoms with Crippen LogP contribution in [0.15, 0.2) is 42.5 Å². The van der Waals surface area contributed by atoms with Crippen LogP contribution in [0.2, 0.25) is 0 Å². The summed E-state index contributed by atoms with van der Waals surface area (Å²) in [5, 5.41) is 2.85. The van der Waals surface area contributed by atoms with Gasteiger partial charge in [-0.25, -0.2) is 4.39 Å². The van der Waals surface area contributed by atoms with Gasteiger partial charge in [0.15, 0.2) is 0 Å². The molecule has 1 amide bonds. The molecule has 0 aliphatic carbocycles. The van der Waals surface area contributed by atoms with Crippen molar-refractivity contribution in [2.75, 3.05) is 14.2 Å². The Bertz CT molecular complexity index is 686. The Labute approximate surface area is 141 Å². The Morgan fingerprint density at radius 1 is 1.12 bits per heavy atom. The molecule has 0 saturated carbocycles. The fourth-order valence-corrected chi connectivity index (χ4v) is 2.49. The number of hydrogen-bond acceptors (Lipinski definition) is 3. The lowest BCUT2D eigenvalue weighted by molar-refractivity contribution is -0.121. The third-order valence-electron chi connectivity index (χ3n) is 3.87. The van der Waals surface area contributed by atoms with E-state index in [1.54, 1.807) is 26.4 Å². The SMILES string of the molecule is COc1ccc(C(C)CC(=O)NCc2ccc(F)cc2)c(OC)c1. The van der Waals surface area contributed by atoms with Gasteiger partial charge in [0, 0.05) is 19.0 Å². The first kappa shape index (κ1) is 17.8. The molecule has 24 heavy (non-hydrogen) atoms. The molecule has 0 saturated heterocycles. The number of carbonyl (C=O) groups is 1. The average Bonchev–Trinajstić information content (AvgIpc) is 2.60. The summed E-state index contributed by atoms with van der Waals surface area (Å²) in [7, 11) is 3.19. The highest BCUT2D eigenvalue weighted by Gasteiger charge is 2.16. The van der Waals surface area contributed by atoms with Gasteiger partial charge in [-0.15, -0.1) is 0 Å². The summed E-state index contributed by atoms with van der Waals surface area (Å²) in [6.07, 6.45) is 0.337. The van der Waals surface area contributed by atoms with Crippen LogP contribution in [0, 0.1) is 5.82 Å². The molecular formula is C19H22FNO3. The molecule has 5 heteroatoms. The maximum absolute atomic E-state index is 12.9. The van der Waals surface area contributed by atoms with E-state index in [0.29, 0.717) is 24.5 Å². The van der Waals surface area contributed by atoms with E-state index in [-0.39, 0.29) is 17.6 Å². The second-order valence-electron chi connectivity index (χ2n) is 5.62. The zero-order valence-electron chi connectivity index (χ0n) is 14.1. The predicted octanol–water partition coefficient (Wildman–Crippen LogP) is 3.65. The molecule has 0 fully saturated rings. The summed E-state index contributed by atoms with van der Waals surface area (Å²) >= 11 is 0. The van der Waals surface area contributed by atoms with Crippen LogP contribution in [0.25, 0.3) is 0 Å². The van der Waals surface area contributed by atoms with Crippen molar-refractivity contribution in [1.82, 2.24) is 5.32 Å². The van der Waals surface area contributed by atoms with Crippen LogP contribution < -0.4 is 14.8 Å². The second kappa shape index (κ2) is 8.34. The molecule has 2 aromatic rings. The molecule has 0 aromatic heterocycles. The van der Waals surface area contributed by atoms with Gasteiger partial charge in [-0.05, 0) is 35.2 Å². The van der Waals surface area contributed by atoms with Gasteiger partial charge >= 0.3 is 0 Å². The molecule has 0 heterocycles. The van der Waals surface area contributed by atoms with Crippen LogP contribution in [0.4, 0.5) is 4.39 Å². The number of methoxy groups -OCH3 is 2. The zero-order valence-corrected chi connectivity index (χ0v) is 14.1. The highest BCUT2D eigenvalue weighted by atomic mass is 19.1. The third-order valence-corrected chi connectivity index (χ3v) is 3.87. The molecule has 0 aliphatic heterocycles. The van der Waals surface area contributed by atoms with Gasteiger partial charge in [-0.3, -0.25) is 4.79 Å². The highest BCUT2D eigenvalue weighted by molar-refractivity contribution is 5.77. The van der Waals surface area contributed by atoms with Crippen LogP contribution in [0.3, 0.4) is 0 Å². The quantitative estimate of drug-likeness (QED) is 0.842. The summed E-state index contributed by atoms with van der Waals surface area (Å²) in [5.41, 5.74) is 1.81. The average molecular weight is 331 g/mol. The van der Waals surface area contributed by atoms with Crippen molar-refractivity contribution in [3.63, 3.8) is 0 Å². The van der Waals surface area contributed by atoms with Gasteiger partial charge in [-0.1, -0.05) is 25.1 Å². The van der Waals surface area contributed by atoms with Crippen molar-refractivity contribution in [3.8, 4) is 11.5 Å². The molecule has 1 unspecified atom stereocenters. The van der Waals surface area contributed by atoms with Gasteiger partial charge in [0.05, 0.1) is 14.2 Å². The van der Waals surface area contributed by atoms with E-state index >= 15 is 0 Å². The Balaban J connectivity index is 1.94. The summed E-state index contributed by atoms with van der Waals surface area (Å²) in [5.74, 6) is 1.06. The highest BCUT2D eigenvalue weighted by Crippen LogP contribution is 2.32. The molecule has 128 valence electrons. The number of nitrogens with one attached hydrogen (secondary N) is 1. The Morgan fingerprint density at radius 2 is 1.83 bits per heavy atom. The normalized spacial score (nSPS) is 11.7. The molecule has 2 rings (SSSR count). The van der Waals surface area contributed by atoms with Crippen molar-refractivity contribution in [2.24, 2.45) is 0 Å². The first-order valence-corrected chi connectivity index (χ1v) is 7.76. The maximum atomic E-state index is 12.9. The lowest BCUT2D eigenvalue weighted by Crippen LogP contribution is -2.24. The molecule has 0 radical (unpaired) electrons. The number of ether oxygens (including phenoxy) is 2. The number of rotatable bonds is 7. The van der Waals surface area contributed by atoms with E-state index in [1.807, 2.05) is 25.1 Å². The molecule has 0 aliphatic rings. The van der Waals surface area contributed by atoms with Crippen LogP contribution in [0.5, 0.6) is 11.5 Å². The Morgan fingerprint density at radius 3 is 2.46 bits per heavy atom. The van der Waals surface area contributed by atoms with Crippen LogP contribution in [-0.2, 0) is 11.3 Å². The van der Waals surface area contributed by atoms with Crippen LogP contribution in [0.1, 0.15) is 30.4 Å². The molecule has 1 N–H and O–H groups in total. The summed E-state index contributed by atoms with van der Waals surface area (Å²) in [6.45, 7) is 2.35. The van der Waals surface area contributed by atoms with E-state index < -0.39 is 0 Å². The molecule has 4 nitrogen and oxygen atoms in total. The van der Waals surface area contributed by atoms with Gasteiger partial charge in [-0.2, -0.15) is 0 Å². The maximum Gasteiger partial charge on any atom is 0.220 e. The minimum atomic E-state index is -0.287. The first-order valence-electron chi connectivity index (χ1n) is 7.76. The van der Waals surface area contributed by atoms with E-state index in [0.717, 1.165) is 11.1 Å². The van der Waals surface area contributed by atoms with Gasteiger partial charge in [0.25, 0.3) is 0 Å². The number of carbonyl (C=O) groups excluding carboxylic acids is 1. The topological polar surface area (TPSA) is 47.6 Å². The molecule has 0 bridgehead atoms. The smallest absolute Gasteiger partial charge is 0.220 e. The second-order valence-corrected chi connectivity index (χ2v) is 5.62. The molecular weight excluding hydrogens is 309 g/mol. The fourth-order valence-electron chi connectivity index (χ4n) is 2.49. The van der Waals surface area contributed by atoms with Gasteiger partial charge < -0.3 is 14.8 Å². The minimum Gasteiger partial charge on any atom is -0.497 e. The summed E-state index contributed by atoms with van der Waals surface area (Å²) < 4.78 is 23.4. The molecule has 1 atom stereocenters. The van der Waals surface area contributed by atoms with Crippen LogP contribution in [-0.4, -0.2) is 20.1 Å². The molecule has 2 aromatic carbocycles. The predicted molar refractivity (Wildman–Crippen MR) is 90.8 cm³/mol. The first-order chi connectivity index (χ1) is 11.5.